The minimum atomic E-state index is 0.373. The van der Waals surface area contributed by atoms with Crippen LogP contribution >= 0.6 is 12.2 Å². The predicted octanol–water partition coefficient (Wildman–Crippen LogP) is 2.13. The molecule has 0 atom stereocenters. The maximum Gasteiger partial charge on any atom is 0.157 e. The van der Waals surface area contributed by atoms with Gasteiger partial charge in [-0.2, -0.15) is 5.10 Å². The number of benzene rings is 1. The highest BCUT2D eigenvalue weighted by Crippen LogP contribution is 2.25. The molecule has 2 N–H and O–H groups in total. The van der Waals surface area contributed by atoms with E-state index in [0.717, 1.165) is 22.7 Å². The monoisotopic (exact) mass is 283 g/mol. The highest BCUT2D eigenvalue weighted by atomic mass is 32.1. The van der Waals surface area contributed by atoms with Crippen LogP contribution in [-0.2, 0) is 0 Å². The molecule has 0 aliphatic carbocycles. The van der Waals surface area contributed by atoms with Gasteiger partial charge in [0.2, 0.25) is 0 Å². The van der Waals surface area contributed by atoms with Gasteiger partial charge < -0.3 is 10.6 Å². The first-order valence-corrected chi connectivity index (χ1v) is 6.50. The van der Waals surface area contributed by atoms with E-state index >= 15 is 0 Å². The Morgan fingerprint density at radius 2 is 2.05 bits per heavy atom. The molecular formula is C14H13N5S. The molecule has 2 heterocycles. The van der Waals surface area contributed by atoms with E-state index < -0.39 is 0 Å². The number of aromatic nitrogens is 3. The first kappa shape index (κ1) is 12.6. The molecule has 2 aromatic heterocycles. The van der Waals surface area contributed by atoms with Crippen LogP contribution in [0.1, 0.15) is 5.56 Å². The van der Waals surface area contributed by atoms with Crippen LogP contribution in [0.3, 0.4) is 0 Å². The Bertz CT molecular complexity index is 780. The zero-order valence-corrected chi connectivity index (χ0v) is 11.7. The van der Waals surface area contributed by atoms with Gasteiger partial charge in [-0.05, 0) is 18.2 Å². The Hall–Kier alpha value is -2.47. The van der Waals surface area contributed by atoms with Crippen molar-refractivity contribution in [2.45, 2.75) is 0 Å². The Labute approximate surface area is 121 Å². The van der Waals surface area contributed by atoms with E-state index in [1.807, 2.05) is 54.5 Å². The molecule has 0 fully saturated rings. The second-order valence-electron chi connectivity index (χ2n) is 4.36. The van der Waals surface area contributed by atoms with Gasteiger partial charge in [0.25, 0.3) is 0 Å². The number of thiocarbonyl (C=S) groups is 1. The number of rotatable bonds is 3. The summed E-state index contributed by atoms with van der Waals surface area (Å²) in [4.78, 5) is 6.89. The van der Waals surface area contributed by atoms with Crippen LogP contribution in [0.2, 0.25) is 0 Å². The van der Waals surface area contributed by atoms with Gasteiger partial charge in [-0.3, -0.25) is 0 Å². The molecule has 0 saturated carbocycles. The highest BCUT2D eigenvalue weighted by molar-refractivity contribution is 7.80. The van der Waals surface area contributed by atoms with Crippen molar-refractivity contribution in [1.82, 2.24) is 14.6 Å². The summed E-state index contributed by atoms with van der Waals surface area (Å²) in [6, 6.07) is 11.5. The van der Waals surface area contributed by atoms with E-state index in [1.165, 1.54) is 0 Å². The second-order valence-corrected chi connectivity index (χ2v) is 4.80. The molecule has 3 rings (SSSR count). The number of nitrogens with two attached hydrogens (primary N) is 1. The molecule has 5 nitrogen and oxygen atoms in total. The number of hydrogen-bond donors (Lipinski definition) is 1. The van der Waals surface area contributed by atoms with Crippen molar-refractivity contribution in [3.8, 4) is 0 Å². The second kappa shape index (κ2) is 4.90. The minimum absolute atomic E-state index is 0.373. The van der Waals surface area contributed by atoms with Crippen LogP contribution in [-0.4, -0.2) is 26.6 Å². The fourth-order valence-electron chi connectivity index (χ4n) is 2.09. The van der Waals surface area contributed by atoms with Gasteiger partial charge in [0.15, 0.2) is 5.65 Å². The first-order valence-electron chi connectivity index (χ1n) is 6.10. The molecule has 100 valence electrons. The third-order valence-electron chi connectivity index (χ3n) is 3.12. The Kier molecular flexibility index (Phi) is 3.08. The summed E-state index contributed by atoms with van der Waals surface area (Å²) < 4.78 is 1.72. The molecule has 0 saturated heterocycles. The van der Waals surface area contributed by atoms with Gasteiger partial charge in [-0.1, -0.05) is 24.4 Å². The van der Waals surface area contributed by atoms with Gasteiger partial charge in [0.1, 0.15) is 10.8 Å². The Balaban J connectivity index is 2.07. The molecule has 0 amide bonds. The summed E-state index contributed by atoms with van der Waals surface area (Å²) in [5.41, 5.74) is 8.33. The van der Waals surface area contributed by atoms with Crippen LogP contribution in [0, 0.1) is 0 Å². The highest BCUT2D eigenvalue weighted by Gasteiger charge is 2.12. The summed E-state index contributed by atoms with van der Waals surface area (Å²) in [6.45, 7) is 0. The zero-order chi connectivity index (χ0) is 14.1. The summed E-state index contributed by atoms with van der Waals surface area (Å²) in [6.07, 6.45) is 3.59. The molecule has 0 bridgehead atoms. The molecule has 6 heteroatoms. The average molecular weight is 283 g/mol. The van der Waals surface area contributed by atoms with Gasteiger partial charge in [-0.15, -0.1) is 0 Å². The van der Waals surface area contributed by atoms with Gasteiger partial charge in [-0.25, -0.2) is 9.50 Å². The van der Waals surface area contributed by atoms with Crippen molar-refractivity contribution < 1.29 is 0 Å². The Morgan fingerprint density at radius 3 is 2.85 bits per heavy atom. The maximum absolute atomic E-state index is 5.77. The van der Waals surface area contributed by atoms with Crippen LogP contribution in [0.5, 0.6) is 0 Å². The molecular weight excluding hydrogens is 270 g/mol. The van der Waals surface area contributed by atoms with Crippen LogP contribution in [0.4, 0.5) is 11.5 Å². The number of nitrogens with zero attached hydrogens (tertiary/aromatic N) is 4. The van der Waals surface area contributed by atoms with Crippen molar-refractivity contribution in [2.24, 2.45) is 5.73 Å². The van der Waals surface area contributed by atoms with E-state index in [0.29, 0.717) is 4.99 Å². The lowest BCUT2D eigenvalue weighted by Crippen LogP contribution is -2.18. The lowest BCUT2D eigenvalue weighted by molar-refractivity contribution is 0.933. The third-order valence-corrected chi connectivity index (χ3v) is 3.34. The van der Waals surface area contributed by atoms with Crippen molar-refractivity contribution in [2.75, 3.05) is 11.9 Å². The topological polar surface area (TPSA) is 59.5 Å². The van der Waals surface area contributed by atoms with E-state index in [2.05, 4.69) is 10.1 Å². The maximum atomic E-state index is 5.77. The van der Waals surface area contributed by atoms with Crippen molar-refractivity contribution in [3.05, 3.63) is 54.4 Å². The van der Waals surface area contributed by atoms with Crippen LogP contribution in [0.15, 0.2) is 48.8 Å². The smallest absolute Gasteiger partial charge is 0.157 e. The largest absolute Gasteiger partial charge is 0.389 e. The predicted molar refractivity (Wildman–Crippen MR) is 83.4 cm³/mol. The molecule has 20 heavy (non-hydrogen) atoms. The number of hydrogen-bond acceptors (Lipinski definition) is 4. The quantitative estimate of drug-likeness (QED) is 0.746. The fourth-order valence-corrected chi connectivity index (χ4v) is 2.26. The number of para-hydroxylation sites is 1. The molecule has 0 unspecified atom stereocenters. The van der Waals surface area contributed by atoms with Gasteiger partial charge in [0, 0.05) is 24.9 Å². The normalized spacial score (nSPS) is 10.7. The lowest BCUT2D eigenvalue weighted by Gasteiger charge is -2.21. The van der Waals surface area contributed by atoms with Crippen LogP contribution in [0.25, 0.3) is 5.65 Å². The molecule has 3 aromatic rings. The lowest BCUT2D eigenvalue weighted by atomic mass is 10.1. The van der Waals surface area contributed by atoms with Crippen molar-refractivity contribution in [1.29, 1.82) is 0 Å². The number of fused-ring (bicyclic) bond motifs is 1. The van der Waals surface area contributed by atoms with E-state index in [9.17, 15) is 0 Å². The minimum Gasteiger partial charge on any atom is -0.389 e. The molecule has 0 aliphatic rings. The molecule has 0 aliphatic heterocycles. The molecule has 0 spiro atoms. The Morgan fingerprint density at radius 1 is 1.25 bits per heavy atom. The standard InChI is InChI=1S/C14H13N5S/c1-18(11-5-3-2-4-10(11)14(15)20)12-7-9-19-13(17-12)6-8-16-19/h2-9H,1H3,(H2,15,20). The molecule has 1 aromatic carbocycles. The van der Waals surface area contributed by atoms with E-state index in [1.54, 1.807) is 10.7 Å². The average Bonchev–Trinajstić information content (AvgIpc) is 2.93. The van der Waals surface area contributed by atoms with Crippen LogP contribution < -0.4 is 10.6 Å². The first-order chi connectivity index (χ1) is 9.66. The van der Waals surface area contributed by atoms with Crippen molar-refractivity contribution in [3.63, 3.8) is 0 Å². The summed E-state index contributed by atoms with van der Waals surface area (Å²) in [7, 11) is 1.94. The van der Waals surface area contributed by atoms with Gasteiger partial charge >= 0.3 is 0 Å². The summed E-state index contributed by atoms with van der Waals surface area (Å²) in [5, 5.41) is 4.13. The fraction of sp³-hybridized carbons (Fsp3) is 0.0714. The number of anilines is 2. The summed E-state index contributed by atoms with van der Waals surface area (Å²) in [5.74, 6) is 0.807. The van der Waals surface area contributed by atoms with E-state index in [-0.39, 0.29) is 0 Å². The molecule has 0 radical (unpaired) electrons. The SMILES string of the molecule is CN(c1ccn2nccc2n1)c1ccccc1C(N)=S. The third kappa shape index (κ3) is 2.10. The van der Waals surface area contributed by atoms with E-state index in [4.69, 9.17) is 18.0 Å². The van der Waals surface area contributed by atoms with Gasteiger partial charge in [0.05, 0.1) is 11.9 Å². The zero-order valence-electron chi connectivity index (χ0n) is 10.9. The van der Waals surface area contributed by atoms with Crippen molar-refractivity contribution >= 4 is 34.4 Å². The summed E-state index contributed by atoms with van der Waals surface area (Å²) >= 11 is 5.10.